The molecular weight excluding hydrogens is 418 g/mol. The van der Waals surface area contributed by atoms with E-state index in [1.54, 1.807) is 16.4 Å². The van der Waals surface area contributed by atoms with Gasteiger partial charge in [0.1, 0.15) is 0 Å². The fraction of sp³-hybridized carbons (Fsp3) is 0.409. The Labute approximate surface area is 182 Å². The first kappa shape index (κ1) is 21.2. The van der Waals surface area contributed by atoms with Crippen LogP contribution in [0.4, 0.5) is 0 Å². The predicted octanol–water partition coefficient (Wildman–Crippen LogP) is 4.44. The molecule has 0 radical (unpaired) electrons. The highest BCUT2D eigenvalue weighted by Crippen LogP contribution is 2.24. The van der Waals surface area contributed by atoms with Gasteiger partial charge in [-0.1, -0.05) is 38.1 Å². The molecular formula is C22H27N3O3S2. The maximum Gasteiger partial charge on any atom is 0.270 e. The molecule has 0 N–H and O–H groups in total. The summed E-state index contributed by atoms with van der Waals surface area (Å²) in [6.45, 7) is 7.08. The van der Waals surface area contributed by atoms with Gasteiger partial charge in [0.15, 0.2) is 5.58 Å². The van der Waals surface area contributed by atoms with Crippen LogP contribution < -0.4 is 0 Å². The van der Waals surface area contributed by atoms with Gasteiger partial charge < -0.3 is 4.42 Å². The standard InChI is InChI=1S/C22H27N3O3S2/c1-3-17(2)18-8-10-19(11-9-18)30(26,27)24-14-12-23(13-15-24)16-25-20-6-4-5-7-21(20)28-22(25)29/h4-11,17H,3,12-16H2,1-2H3. The first-order valence-electron chi connectivity index (χ1n) is 10.3. The molecule has 1 saturated heterocycles. The third kappa shape index (κ3) is 4.09. The molecule has 160 valence electrons. The monoisotopic (exact) mass is 445 g/mol. The molecule has 1 aliphatic heterocycles. The van der Waals surface area contributed by atoms with Gasteiger partial charge in [0, 0.05) is 26.2 Å². The van der Waals surface area contributed by atoms with Gasteiger partial charge in [-0.3, -0.25) is 9.47 Å². The van der Waals surface area contributed by atoms with Crippen LogP contribution in [0.25, 0.3) is 11.1 Å². The number of fused-ring (bicyclic) bond motifs is 1. The number of piperazine rings is 1. The first-order chi connectivity index (χ1) is 14.4. The van der Waals surface area contributed by atoms with E-state index in [4.69, 9.17) is 16.6 Å². The Balaban J connectivity index is 1.43. The Morgan fingerprint density at radius 1 is 1.03 bits per heavy atom. The summed E-state index contributed by atoms with van der Waals surface area (Å²) in [6.07, 6.45) is 1.03. The van der Waals surface area contributed by atoms with Crippen LogP contribution in [0.1, 0.15) is 31.7 Å². The lowest BCUT2D eigenvalue weighted by Crippen LogP contribution is -2.48. The third-order valence-corrected chi connectivity index (χ3v) is 8.16. The molecule has 1 fully saturated rings. The largest absolute Gasteiger partial charge is 0.429 e. The predicted molar refractivity (Wildman–Crippen MR) is 121 cm³/mol. The zero-order chi connectivity index (χ0) is 21.3. The molecule has 8 heteroatoms. The fourth-order valence-electron chi connectivity index (χ4n) is 3.81. The minimum absolute atomic E-state index is 0.367. The van der Waals surface area contributed by atoms with E-state index in [0.29, 0.717) is 48.5 Å². The second-order valence-corrected chi connectivity index (χ2v) is 10.1. The molecule has 1 unspecified atom stereocenters. The number of nitrogens with zero attached hydrogens (tertiary/aromatic N) is 3. The summed E-state index contributed by atoms with van der Waals surface area (Å²) >= 11 is 5.37. The third-order valence-electron chi connectivity index (χ3n) is 5.95. The van der Waals surface area contributed by atoms with Gasteiger partial charge in [-0.25, -0.2) is 8.42 Å². The summed E-state index contributed by atoms with van der Waals surface area (Å²) in [5.41, 5.74) is 2.90. The summed E-state index contributed by atoms with van der Waals surface area (Å²) in [4.78, 5) is 3.01. The average Bonchev–Trinajstić information content (AvgIpc) is 3.08. The molecule has 0 saturated carbocycles. The Kier molecular flexibility index (Phi) is 6.11. The van der Waals surface area contributed by atoms with Crippen molar-refractivity contribution in [3.63, 3.8) is 0 Å². The van der Waals surface area contributed by atoms with Gasteiger partial charge in [0.2, 0.25) is 10.0 Å². The van der Waals surface area contributed by atoms with Crippen molar-refractivity contribution < 1.29 is 12.8 Å². The minimum Gasteiger partial charge on any atom is -0.429 e. The SMILES string of the molecule is CCC(C)c1ccc(S(=O)(=O)N2CCN(Cn3c(=S)oc4ccccc43)CC2)cc1. The number of hydrogen-bond donors (Lipinski definition) is 0. The molecule has 0 aliphatic carbocycles. The van der Waals surface area contributed by atoms with E-state index >= 15 is 0 Å². The van der Waals surface area contributed by atoms with Gasteiger partial charge in [-0.2, -0.15) is 4.31 Å². The van der Waals surface area contributed by atoms with E-state index in [2.05, 4.69) is 18.7 Å². The van der Waals surface area contributed by atoms with Crippen LogP contribution in [0.15, 0.2) is 57.8 Å². The van der Waals surface area contributed by atoms with Crippen molar-refractivity contribution in [2.24, 2.45) is 0 Å². The van der Waals surface area contributed by atoms with Crippen molar-refractivity contribution in [3.05, 3.63) is 58.9 Å². The lowest BCUT2D eigenvalue weighted by molar-refractivity contribution is 0.151. The lowest BCUT2D eigenvalue weighted by atomic mass is 9.99. The number of rotatable bonds is 6. The number of hydrogen-bond acceptors (Lipinski definition) is 5. The van der Waals surface area contributed by atoms with Crippen LogP contribution >= 0.6 is 12.2 Å². The average molecular weight is 446 g/mol. The molecule has 3 aromatic rings. The number of oxazole rings is 1. The summed E-state index contributed by atoms with van der Waals surface area (Å²) in [5, 5.41) is 0. The summed E-state index contributed by atoms with van der Waals surface area (Å²) < 4.78 is 35.3. The highest BCUT2D eigenvalue weighted by Gasteiger charge is 2.29. The first-order valence-corrected chi connectivity index (χ1v) is 12.2. The van der Waals surface area contributed by atoms with Crippen LogP contribution in [0.5, 0.6) is 0 Å². The van der Waals surface area contributed by atoms with E-state index < -0.39 is 10.0 Å². The Morgan fingerprint density at radius 2 is 1.70 bits per heavy atom. The van der Waals surface area contributed by atoms with Gasteiger partial charge >= 0.3 is 0 Å². The van der Waals surface area contributed by atoms with E-state index in [9.17, 15) is 8.42 Å². The molecule has 0 spiro atoms. The van der Waals surface area contributed by atoms with Crippen LogP contribution in [0.3, 0.4) is 0 Å². The summed E-state index contributed by atoms with van der Waals surface area (Å²) in [7, 11) is -3.48. The number of sulfonamides is 1. The Bertz CT molecular complexity index is 1170. The van der Waals surface area contributed by atoms with Crippen molar-refractivity contribution in [1.82, 2.24) is 13.8 Å². The highest BCUT2D eigenvalue weighted by atomic mass is 32.2. The molecule has 1 atom stereocenters. The normalized spacial score (nSPS) is 17.4. The van der Waals surface area contributed by atoms with Crippen LogP contribution in [0.2, 0.25) is 0 Å². The molecule has 1 aliphatic rings. The van der Waals surface area contributed by atoms with E-state index in [0.717, 1.165) is 17.5 Å². The van der Waals surface area contributed by atoms with Gasteiger partial charge in [0.05, 0.1) is 17.1 Å². The van der Waals surface area contributed by atoms with Crippen LogP contribution in [-0.2, 0) is 16.7 Å². The van der Waals surface area contributed by atoms with E-state index in [1.165, 1.54) is 5.56 Å². The van der Waals surface area contributed by atoms with E-state index in [-0.39, 0.29) is 0 Å². The maximum absolute atomic E-state index is 13.1. The van der Waals surface area contributed by atoms with Crippen molar-refractivity contribution in [1.29, 1.82) is 0 Å². The zero-order valence-corrected chi connectivity index (χ0v) is 19.0. The molecule has 2 heterocycles. The molecule has 1 aromatic heterocycles. The van der Waals surface area contributed by atoms with Crippen molar-refractivity contribution in [3.8, 4) is 0 Å². The van der Waals surface area contributed by atoms with Crippen molar-refractivity contribution in [2.45, 2.75) is 37.8 Å². The Hall–Kier alpha value is -2.00. The molecule has 0 amide bonds. The fourth-order valence-corrected chi connectivity index (χ4v) is 5.48. The number of aromatic nitrogens is 1. The second kappa shape index (κ2) is 8.63. The molecule has 2 aromatic carbocycles. The number of para-hydroxylation sites is 2. The van der Waals surface area contributed by atoms with Gasteiger partial charge in [-0.15, -0.1) is 0 Å². The van der Waals surface area contributed by atoms with E-state index in [1.807, 2.05) is 41.0 Å². The van der Waals surface area contributed by atoms with Gasteiger partial charge in [-0.05, 0) is 54.4 Å². The van der Waals surface area contributed by atoms with Crippen molar-refractivity contribution >= 4 is 33.3 Å². The molecule has 30 heavy (non-hydrogen) atoms. The highest BCUT2D eigenvalue weighted by molar-refractivity contribution is 7.89. The quantitative estimate of drug-likeness (QED) is 0.525. The van der Waals surface area contributed by atoms with Crippen molar-refractivity contribution in [2.75, 3.05) is 26.2 Å². The zero-order valence-electron chi connectivity index (χ0n) is 17.3. The summed E-state index contributed by atoms with van der Waals surface area (Å²) in [6, 6.07) is 15.1. The lowest BCUT2D eigenvalue weighted by Gasteiger charge is -2.34. The molecule has 6 nitrogen and oxygen atoms in total. The molecule has 4 rings (SSSR count). The Morgan fingerprint density at radius 3 is 2.37 bits per heavy atom. The minimum atomic E-state index is -3.48. The van der Waals surface area contributed by atoms with Crippen LogP contribution in [-0.4, -0.2) is 48.4 Å². The topological polar surface area (TPSA) is 58.7 Å². The van der Waals surface area contributed by atoms with Gasteiger partial charge in [0.25, 0.3) is 4.84 Å². The molecule has 0 bridgehead atoms. The number of benzene rings is 2. The smallest absolute Gasteiger partial charge is 0.270 e. The maximum atomic E-state index is 13.1. The summed E-state index contributed by atoms with van der Waals surface area (Å²) in [5.74, 6) is 0.427. The van der Waals surface area contributed by atoms with Crippen LogP contribution in [0, 0.1) is 4.84 Å². The second-order valence-electron chi connectivity index (χ2n) is 7.81.